The quantitative estimate of drug-likeness (QED) is 0.104. The van der Waals surface area contributed by atoms with Crippen LogP contribution >= 0.6 is 23.1 Å². The van der Waals surface area contributed by atoms with Crippen molar-refractivity contribution >= 4 is 57.7 Å². The Bertz CT molecular complexity index is 1810. The van der Waals surface area contributed by atoms with Crippen LogP contribution in [-0.4, -0.2) is 35.1 Å². The molecule has 3 N–H and O–H groups in total. The molecule has 1 unspecified atom stereocenters. The molecule has 5 rings (SSSR count). The van der Waals surface area contributed by atoms with Crippen LogP contribution in [0.3, 0.4) is 0 Å². The fourth-order valence-corrected chi connectivity index (χ4v) is 5.78. The molecule has 226 valence electrons. The van der Waals surface area contributed by atoms with Gasteiger partial charge in [0.25, 0.3) is 11.8 Å². The van der Waals surface area contributed by atoms with Gasteiger partial charge >= 0.3 is 0 Å². The first-order valence-electron chi connectivity index (χ1n) is 14.0. The smallest absolute Gasteiger partial charge is 0.272 e. The number of benzene rings is 4. The van der Waals surface area contributed by atoms with Gasteiger partial charge in [-0.05, 0) is 67.1 Å². The second-order valence-electron chi connectivity index (χ2n) is 9.79. The molecule has 0 spiro atoms. The molecule has 3 amide bonds. The number of hydrogen-bond donors (Lipinski definition) is 3. The molecule has 0 aliphatic rings. The summed E-state index contributed by atoms with van der Waals surface area (Å²) in [5.41, 5.74) is 3.51. The summed E-state index contributed by atoms with van der Waals surface area (Å²) in [5, 5.41) is 10.6. The van der Waals surface area contributed by atoms with Crippen LogP contribution in [-0.2, 0) is 9.59 Å². The summed E-state index contributed by atoms with van der Waals surface area (Å²) >= 11 is 2.77. The van der Waals surface area contributed by atoms with Crippen molar-refractivity contribution in [3.8, 4) is 17.0 Å². The number of methoxy groups -OCH3 is 1. The van der Waals surface area contributed by atoms with Gasteiger partial charge in [-0.3, -0.25) is 14.4 Å². The number of hydrogen-bond acceptors (Lipinski definition) is 7. The lowest BCUT2D eigenvalue weighted by molar-refractivity contribution is -0.115. The maximum absolute atomic E-state index is 13.4. The number of carbonyl (C=O) groups is 3. The Hall–Kier alpha value is -5.19. The van der Waals surface area contributed by atoms with E-state index in [0.717, 1.165) is 16.2 Å². The third-order valence-corrected chi connectivity index (χ3v) is 8.40. The third kappa shape index (κ3) is 8.69. The first-order chi connectivity index (χ1) is 21.9. The Balaban J connectivity index is 1.22. The van der Waals surface area contributed by atoms with Gasteiger partial charge in [-0.25, -0.2) is 4.98 Å². The largest absolute Gasteiger partial charge is 0.497 e. The van der Waals surface area contributed by atoms with Gasteiger partial charge < -0.3 is 20.7 Å². The molecule has 8 nitrogen and oxygen atoms in total. The van der Waals surface area contributed by atoms with E-state index in [9.17, 15) is 14.4 Å². The number of aromatic nitrogens is 1. The Kier molecular flexibility index (Phi) is 10.4. The summed E-state index contributed by atoms with van der Waals surface area (Å²) in [6.07, 6.45) is 1.59. The summed E-state index contributed by atoms with van der Waals surface area (Å²) in [5.74, 6) is -0.438. The molecule has 10 heteroatoms. The van der Waals surface area contributed by atoms with E-state index < -0.39 is 11.8 Å². The minimum absolute atomic E-state index is 0.0680. The molecule has 1 heterocycles. The number of amides is 3. The van der Waals surface area contributed by atoms with Gasteiger partial charge in [0.1, 0.15) is 11.4 Å². The number of nitrogens with zero attached hydrogens (tertiary/aromatic N) is 1. The van der Waals surface area contributed by atoms with E-state index in [2.05, 4.69) is 20.9 Å². The molecule has 45 heavy (non-hydrogen) atoms. The van der Waals surface area contributed by atoms with Crippen molar-refractivity contribution < 1.29 is 19.1 Å². The monoisotopic (exact) mass is 634 g/mol. The van der Waals surface area contributed by atoms with Crippen LogP contribution in [0.1, 0.15) is 22.8 Å². The predicted octanol–water partition coefficient (Wildman–Crippen LogP) is 7.35. The average Bonchev–Trinajstić information content (AvgIpc) is 3.54. The van der Waals surface area contributed by atoms with Crippen molar-refractivity contribution in [2.24, 2.45) is 0 Å². The minimum Gasteiger partial charge on any atom is -0.497 e. The van der Waals surface area contributed by atoms with E-state index in [4.69, 9.17) is 4.74 Å². The zero-order valence-corrected chi connectivity index (χ0v) is 26.2. The number of anilines is 2. The van der Waals surface area contributed by atoms with E-state index in [-0.39, 0.29) is 16.9 Å². The molecule has 0 aliphatic carbocycles. The normalized spacial score (nSPS) is 11.7. The highest BCUT2D eigenvalue weighted by Crippen LogP contribution is 2.28. The van der Waals surface area contributed by atoms with Gasteiger partial charge in [-0.2, -0.15) is 0 Å². The van der Waals surface area contributed by atoms with Gasteiger partial charge in [0.05, 0.1) is 18.1 Å². The SMILES string of the molecule is COc1cccc(/C=C(\NC(=O)c2ccccc2)C(=O)Nc2ccc(SC(C)C(=O)Nc3nc(-c4ccccc4)cs3)cc2)c1. The zero-order valence-electron chi connectivity index (χ0n) is 24.5. The van der Waals surface area contributed by atoms with Crippen molar-refractivity contribution in [2.45, 2.75) is 17.1 Å². The number of thiazole rings is 1. The van der Waals surface area contributed by atoms with Gasteiger partial charge in [0.2, 0.25) is 5.91 Å². The second kappa shape index (κ2) is 15.0. The minimum atomic E-state index is -0.492. The molecule has 0 radical (unpaired) electrons. The van der Waals surface area contributed by atoms with E-state index >= 15 is 0 Å². The van der Waals surface area contributed by atoms with Gasteiger partial charge in [0.15, 0.2) is 5.13 Å². The van der Waals surface area contributed by atoms with Crippen LogP contribution < -0.4 is 20.7 Å². The molecule has 1 atom stereocenters. The van der Waals surface area contributed by atoms with Crippen molar-refractivity contribution in [1.82, 2.24) is 10.3 Å². The zero-order chi connectivity index (χ0) is 31.6. The van der Waals surface area contributed by atoms with E-state index in [1.165, 1.54) is 23.1 Å². The van der Waals surface area contributed by atoms with Crippen molar-refractivity contribution in [3.63, 3.8) is 0 Å². The second-order valence-corrected chi connectivity index (χ2v) is 12.1. The van der Waals surface area contributed by atoms with Crippen LogP contribution in [0.25, 0.3) is 17.3 Å². The topological polar surface area (TPSA) is 109 Å². The van der Waals surface area contributed by atoms with Crippen molar-refractivity contribution in [2.75, 3.05) is 17.7 Å². The fourth-order valence-electron chi connectivity index (χ4n) is 4.19. The van der Waals surface area contributed by atoms with E-state index in [1.807, 2.05) is 66.9 Å². The fraction of sp³-hybridized carbons (Fsp3) is 0.0857. The Morgan fingerprint density at radius 3 is 2.29 bits per heavy atom. The number of thioether (sulfide) groups is 1. The third-order valence-electron chi connectivity index (χ3n) is 6.53. The molecular formula is C35H30N4O4S2. The Labute approximate surface area is 269 Å². The van der Waals surface area contributed by atoms with Crippen LogP contribution in [0, 0.1) is 0 Å². The lowest BCUT2D eigenvalue weighted by atomic mass is 10.1. The molecular weight excluding hydrogens is 605 g/mol. The molecule has 5 aromatic rings. The first-order valence-corrected chi connectivity index (χ1v) is 15.8. The number of carbonyl (C=O) groups excluding carboxylic acids is 3. The number of nitrogens with one attached hydrogen (secondary N) is 3. The average molecular weight is 635 g/mol. The molecule has 1 aromatic heterocycles. The molecule has 0 saturated carbocycles. The Morgan fingerprint density at radius 1 is 0.867 bits per heavy atom. The summed E-state index contributed by atoms with van der Waals surface area (Å²) < 4.78 is 5.30. The lowest BCUT2D eigenvalue weighted by Gasteiger charge is -2.13. The van der Waals surface area contributed by atoms with Crippen molar-refractivity contribution in [3.05, 3.63) is 131 Å². The van der Waals surface area contributed by atoms with Crippen molar-refractivity contribution in [1.29, 1.82) is 0 Å². The highest BCUT2D eigenvalue weighted by Gasteiger charge is 2.18. The standard InChI is InChI=1S/C35H30N4O4S2/c1-23(32(40)39-35-38-31(22-44-35)25-11-5-3-6-12-25)45-29-18-16-27(17-19-29)36-34(42)30(21-24-10-9-15-28(20-24)43-2)37-33(41)26-13-7-4-8-14-26/h3-23H,1-2H3,(H,36,42)(H,37,41)(H,38,39,40)/b30-21-. The molecule has 0 saturated heterocycles. The molecule has 0 aliphatic heterocycles. The van der Waals surface area contributed by atoms with Crippen LogP contribution in [0.15, 0.2) is 125 Å². The lowest BCUT2D eigenvalue weighted by Crippen LogP contribution is -2.30. The molecule has 4 aromatic carbocycles. The van der Waals surface area contributed by atoms with Gasteiger partial charge in [-0.1, -0.05) is 60.7 Å². The molecule has 0 fully saturated rings. The molecule has 0 bridgehead atoms. The highest BCUT2D eigenvalue weighted by atomic mass is 32.2. The van der Waals surface area contributed by atoms with Gasteiger partial charge in [0, 0.05) is 27.1 Å². The number of rotatable bonds is 11. The summed E-state index contributed by atoms with van der Waals surface area (Å²) in [6.45, 7) is 1.83. The van der Waals surface area contributed by atoms with Gasteiger partial charge in [-0.15, -0.1) is 23.1 Å². The maximum Gasteiger partial charge on any atom is 0.272 e. The van der Waals surface area contributed by atoms with Crippen LogP contribution in [0.2, 0.25) is 0 Å². The maximum atomic E-state index is 13.4. The first kappa shape index (κ1) is 31.2. The Morgan fingerprint density at radius 2 is 1.58 bits per heavy atom. The van der Waals surface area contributed by atoms with E-state index in [0.29, 0.717) is 27.7 Å². The van der Waals surface area contributed by atoms with E-state index in [1.54, 1.807) is 67.8 Å². The predicted molar refractivity (Wildman–Crippen MR) is 181 cm³/mol. The highest BCUT2D eigenvalue weighted by molar-refractivity contribution is 8.00. The number of ether oxygens (including phenoxy) is 1. The van der Waals surface area contributed by atoms with Crippen LogP contribution in [0.5, 0.6) is 5.75 Å². The summed E-state index contributed by atoms with van der Waals surface area (Å²) in [4.78, 5) is 44.5. The summed E-state index contributed by atoms with van der Waals surface area (Å²) in [7, 11) is 1.56. The van der Waals surface area contributed by atoms with Crippen LogP contribution in [0.4, 0.5) is 10.8 Å². The summed E-state index contributed by atoms with van der Waals surface area (Å²) in [6, 6.07) is 32.8.